The molecule has 6 heteroatoms. The van der Waals surface area contributed by atoms with Crippen LogP contribution in [0.25, 0.3) is 0 Å². The van der Waals surface area contributed by atoms with E-state index in [1.165, 1.54) is 12.1 Å². The van der Waals surface area contributed by atoms with Gasteiger partial charge in [0.15, 0.2) is 0 Å². The Bertz CT molecular complexity index is 647. The number of hydrogen-bond donors (Lipinski definition) is 1. The molecule has 98 valence electrons. The number of carbonyl (C=O) groups excluding carboxylic acids is 1. The molecule has 1 aromatic carbocycles. The minimum absolute atomic E-state index is 0.00377. The summed E-state index contributed by atoms with van der Waals surface area (Å²) in [5.41, 5.74) is 0.568. The van der Waals surface area contributed by atoms with Crippen molar-refractivity contribution < 1.29 is 13.6 Å². The molecule has 0 bridgehead atoms. The van der Waals surface area contributed by atoms with Gasteiger partial charge in [0.05, 0.1) is 17.4 Å². The number of halogens is 3. The van der Waals surface area contributed by atoms with Crippen molar-refractivity contribution in [3.8, 4) is 0 Å². The third-order valence-electron chi connectivity index (χ3n) is 2.42. The van der Waals surface area contributed by atoms with E-state index < -0.39 is 17.5 Å². The Morgan fingerprint density at radius 1 is 1.32 bits per heavy atom. The lowest BCUT2D eigenvalue weighted by Gasteiger charge is -2.08. The van der Waals surface area contributed by atoms with Gasteiger partial charge >= 0.3 is 0 Å². The number of hydrogen-bond acceptors (Lipinski definition) is 2. The molecule has 0 spiro atoms. The van der Waals surface area contributed by atoms with Crippen LogP contribution in [0.5, 0.6) is 0 Å². The first-order valence-corrected chi connectivity index (χ1v) is 5.73. The second-order valence-corrected chi connectivity index (χ2v) is 4.29. The molecule has 1 aromatic heterocycles. The highest BCUT2D eigenvalue weighted by Crippen LogP contribution is 2.19. The Morgan fingerprint density at radius 2 is 2.05 bits per heavy atom. The molecule has 1 N–H and O–H groups in total. The highest BCUT2D eigenvalue weighted by Gasteiger charge is 2.14. The summed E-state index contributed by atoms with van der Waals surface area (Å²) in [5, 5.41) is 2.17. The fourth-order valence-corrected chi connectivity index (χ4v) is 1.68. The molecule has 2 aromatic rings. The predicted octanol–water partition coefficient (Wildman–Crippen LogP) is 3.57. The number of nitrogens with one attached hydrogen (secondary N) is 1. The van der Waals surface area contributed by atoms with Crippen LogP contribution in [-0.4, -0.2) is 10.9 Å². The average molecular weight is 283 g/mol. The zero-order valence-corrected chi connectivity index (χ0v) is 10.6. The van der Waals surface area contributed by atoms with Crippen LogP contribution in [0.1, 0.15) is 15.9 Å². The van der Waals surface area contributed by atoms with Crippen molar-refractivity contribution in [3.05, 3.63) is 58.4 Å². The van der Waals surface area contributed by atoms with Gasteiger partial charge in [0, 0.05) is 0 Å². The smallest absolute Gasteiger partial charge is 0.258 e. The van der Waals surface area contributed by atoms with Crippen molar-refractivity contribution >= 4 is 23.2 Å². The molecule has 0 aliphatic carbocycles. The van der Waals surface area contributed by atoms with Crippen LogP contribution in [0.4, 0.5) is 14.5 Å². The van der Waals surface area contributed by atoms with E-state index in [1.54, 1.807) is 13.0 Å². The Morgan fingerprint density at radius 3 is 2.74 bits per heavy atom. The molecule has 2 rings (SSSR count). The average Bonchev–Trinajstić information content (AvgIpc) is 2.35. The van der Waals surface area contributed by atoms with Crippen LogP contribution in [0.3, 0.4) is 0 Å². The Labute approximate surface area is 113 Å². The van der Waals surface area contributed by atoms with E-state index in [4.69, 9.17) is 11.6 Å². The number of amides is 1. The van der Waals surface area contributed by atoms with Gasteiger partial charge in [-0.15, -0.1) is 0 Å². The van der Waals surface area contributed by atoms with Crippen LogP contribution < -0.4 is 5.32 Å². The van der Waals surface area contributed by atoms with Gasteiger partial charge in [0.25, 0.3) is 5.91 Å². The van der Waals surface area contributed by atoms with E-state index in [0.717, 1.165) is 17.8 Å². The maximum atomic E-state index is 13.6. The molecule has 0 unspecified atom stereocenters. The number of anilines is 1. The molecule has 1 heterocycles. The van der Waals surface area contributed by atoms with E-state index in [1.807, 2.05) is 0 Å². The summed E-state index contributed by atoms with van der Waals surface area (Å²) in [6.07, 6.45) is 0.894. The summed E-state index contributed by atoms with van der Waals surface area (Å²) in [6, 6.07) is 5.28. The van der Waals surface area contributed by atoms with Crippen LogP contribution in [-0.2, 0) is 0 Å². The van der Waals surface area contributed by atoms with Gasteiger partial charge in [-0.3, -0.25) is 4.79 Å². The van der Waals surface area contributed by atoms with Crippen molar-refractivity contribution in [3.63, 3.8) is 0 Å². The lowest BCUT2D eigenvalue weighted by atomic mass is 10.2. The zero-order chi connectivity index (χ0) is 14.0. The van der Waals surface area contributed by atoms with Crippen molar-refractivity contribution in [2.45, 2.75) is 6.92 Å². The van der Waals surface area contributed by atoms with Gasteiger partial charge in [0.1, 0.15) is 16.8 Å². The second kappa shape index (κ2) is 5.32. The topological polar surface area (TPSA) is 42.0 Å². The van der Waals surface area contributed by atoms with Crippen molar-refractivity contribution in [2.75, 3.05) is 5.32 Å². The SMILES string of the molecule is Cc1ccc(NC(=O)c2cc(F)cnc2Cl)c(F)c1. The van der Waals surface area contributed by atoms with Crippen molar-refractivity contribution in [2.24, 2.45) is 0 Å². The molecule has 1 amide bonds. The maximum Gasteiger partial charge on any atom is 0.258 e. The minimum Gasteiger partial charge on any atom is -0.319 e. The lowest BCUT2D eigenvalue weighted by molar-refractivity contribution is 0.102. The second-order valence-electron chi connectivity index (χ2n) is 3.93. The normalized spacial score (nSPS) is 10.3. The van der Waals surface area contributed by atoms with Gasteiger partial charge in [-0.2, -0.15) is 0 Å². The largest absolute Gasteiger partial charge is 0.319 e. The first-order chi connectivity index (χ1) is 8.97. The minimum atomic E-state index is -0.722. The first kappa shape index (κ1) is 13.4. The Balaban J connectivity index is 2.28. The number of nitrogens with zero attached hydrogens (tertiary/aromatic N) is 1. The number of rotatable bonds is 2. The summed E-state index contributed by atoms with van der Waals surface area (Å²) in [6.45, 7) is 1.72. The van der Waals surface area contributed by atoms with E-state index in [-0.39, 0.29) is 16.4 Å². The molecule has 0 radical (unpaired) electrons. The van der Waals surface area contributed by atoms with E-state index in [0.29, 0.717) is 0 Å². The fourth-order valence-electron chi connectivity index (χ4n) is 1.49. The summed E-state index contributed by atoms with van der Waals surface area (Å²) in [7, 11) is 0. The summed E-state index contributed by atoms with van der Waals surface area (Å²) in [4.78, 5) is 15.4. The maximum absolute atomic E-state index is 13.6. The number of benzene rings is 1. The molecule has 0 aliphatic rings. The zero-order valence-electron chi connectivity index (χ0n) is 9.88. The van der Waals surface area contributed by atoms with Crippen LogP contribution >= 0.6 is 11.6 Å². The number of carbonyl (C=O) groups is 1. The van der Waals surface area contributed by atoms with Crippen molar-refractivity contribution in [1.29, 1.82) is 0 Å². The molecule has 0 atom stereocenters. The molecule has 19 heavy (non-hydrogen) atoms. The highest BCUT2D eigenvalue weighted by molar-refractivity contribution is 6.33. The van der Waals surface area contributed by atoms with Crippen LogP contribution in [0, 0.1) is 18.6 Å². The standard InChI is InChI=1S/C13H9ClF2N2O/c1-7-2-3-11(10(16)4-7)18-13(19)9-5-8(15)6-17-12(9)14/h2-6H,1H3,(H,18,19). The Kier molecular flexibility index (Phi) is 3.76. The third-order valence-corrected chi connectivity index (χ3v) is 2.72. The third kappa shape index (κ3) is 3.06. The molecule has 0 saturated heterocycles. The summed E-state index contributed by atoms with van der Waals surface area (Å²) >= 11 is 5.69. The van der Waals surface area contributed by atoms with E-state index in [2.05, 4.69) is 10.3 Å². The quantitative estimate of drug-likeness (QED) is 0.856. The highest BCUT2D eigenvalue weighted by atomic mass is 35.5. The van der Waals surface area contributed by atoms with E-state index >= 15 is 0 Å². The molecule has 0 saturated carbocycles. The van der Waals surface area contributed by atoms with Crippen LogP contribution in [0.15, 0.2) is 30.5 Å². The number of aryl methyl sites for hydroxylation is 1. The Hall–Kier alpha value is -2.01. The predicted molar refractivity (Wildman–Crippen MR) is 68.3 cm³/mol. The summed E-state index contributed by atoms with van der Waals surface area (Å²) < 4.78 is 26.6. The molecule has 0 fully saturated rings. The molecule has 0 aliphatic heterocycles. The van der Waals surface area contributed by atoms with Gasteiger partial charge < -0.3 is 5.32 Å². The fraction of sp³-hybridized carbons (Fsp3) is 0.0769. The van der Waals surface area contributed by atoms with E-state index in [9.17, 15) is 13.6 Å². The lowest BCUT2D eigenvalue weighted by Crippen LogP contribution is -2.14. The van der Waals surface area contributed by atoms with Crippen molar-refractivity contribution in [1.82, 2.24) is 4.98 Å². The van der Waals surface area contributed by atoms with Gasteiger partial charge in [-0.05, 0) is 30.7 Å². The van der Waals surface area contributed by atoms with Gasteiger partial charge in [-0.1, -0.05) is 17.7 Å². The molecular formula is C13H9ClF2N2O. The number of aromatic nitrogens is 1. The first-order valence-electron chi connectivity index (χ1n) is 5.36. The monoisotopic (exact) mass is 282 g/mol. The van der Waals surface area contributed by atoms with Gasteiger partial charge in [-0.25, -0.2) is 13.8 Å². The van der Waals surface area contributed by atoms with Gasteiger partial charge in [0.2, 0.25) is 0 Å². The van der Waals surface area contributed by atoms with Crippen LogP contribution in [0.2, 0.25) is 5.15 Å². The number of pyridine rings is 1. The summed E-state index contributed by atoms with van der Waals surface area (Å²) in [5.74, 6) is -1.99. The molecule has 3 nitrogen and oxygen atoms in total. The molecular weight excluding hydrogens is 274 g/mol.